The van der Waals surface area contributed by atoms with Gasteiger partial charge < -0.3 is 25.0 Å². The van der Waals surface area contributed by atoms with Crippen LogP contribution in [-0.2, 0) is 0 Å². The second kappa shape index (κ2) is 11.0. The van der Waals surface area contributed by atoms with Crippen LogP contribution in [0.1, 0.15) is 20.8 Å². The summed E-state index contributed by atoms with van der Waals surface area (Å²) in [6, 6.07) is 6.19. The molecule has 0 saturated carbocycles. The van der Waals surface area contributed by atoms with Crippen LogP contribution in [0.3, 0.4) is 0 Å². The number of piperazine rings is 1. The Kier molecular flexibility index (Phi) is 8.67. The summed E-state index contributed by atoms with van der Waals surface area (Å²) < 4.78 is 10.7. The molecular formula is C20H35N5O2. The molecule has 0 bridgehead atoms. The molecule has 0 amide bonds. The van der Waals surface area contributed by atoms with Crippen molar-refractivity contribution in [1.82, 2.24) is 15.1 Å². The molecule has 1 atom stereocenters. The fourth-order valence-electron chi connectivity index (χ4n) is 3.22. The van der Waals surface area contributed by atoms with Gasteiger partial charge in [0.05, 0.1) is 20.8 Å². The Bertz CT molecular complexity index is 600. The molecule has 0 aromatic heterocycles. The first-order chi connectivity index (χ1) is 13.1. The van der Waals surface area contributed by atoms with E-state index in [2.05, 4.69) is 41.2 Å². The fraction of sp³-hybridized carbons (Fsp3) is 0.650. The lowest BCUT2D eigenvalue weighted by Gasteiger charge is -2.37. The molecule has 2 N–H and O–H groups in total. The Balaban J connectivity index is 1.97. The number of nitrogens with zero attached hydrogens (tertiary/aromatic N) is 3. The minimum atomic E-state index is 0.421. The molecule has 1 saturated heterocycles. The monoisotopic (exact) mass is 377 g/mol. The maximum atomic E-state index is 5.38. The Hall–Kier alpha value is -1.99. The van der Waals surface area contributed by atoms with E-state index in [0.717, 1.165) is 57.5 Å². The first-order valence-corrected chi connectivity index (χ1v) is 9.85. The number of likely N-dealkylation sites (N-methyl/N-ethyl adjacent to an activating group) is 1. The number of methoxy groups -OCH3 is 2. The zero-order valence-corrected chi connectivity index (χ0v) is 17.4. The zero-order valence-electron chi connectivity index (χ0n) is 17.4. The van der Waals surface area contributed by atoms with Crippen molar-refractivity contribution in [2.75, 3.05) is 65.3 Å². The minimum Gasteiger partial charge on any atom is -0.493 e. The van der Waals surface area contributed by atoms with Crippen LogP contribution in [0.2, 0.25) is 0 Å². The molecule has 1 fully saturated rings. The van der Waals surface area contributed by atoms with Gasteiger partial charge in [-0.25, -0.2) is 0 Å². The number of ether oxygens (including phenoxy) is 2. The van der Waals surface area contributed by atoms with E-state index in [1.165, 1.54) is 0 Å². The number of hydrogen-bond donors (Lipinski definition) is 2. The molecule has 7 nitrogen and oxygen atoms in total. The third-order valence-electron chi connectivity index (χ3n) is 4.98. The summed E-state index contributed by atoms with van der Waals surface area (Å²) in [5.74, 6) is 2.19. The molecule has 0 radical (unpaired) electrons. The quantitative estimate of drug-likeness (QED) is 0.534. The van der Waals surface area contributed by atoms with Crippen molar-refractivity contribution in [3.63, 3.8) is 0 Å². The lowest BCUT2D eigenvalue weighted by molar-refractivity contribution is 0.109. The van der Waals surface area contributed by atoms with E-state index >= 15 is 0 Å². The van der Waals surface area contributed by atoms with Crippen LogP contribution in [0.25, 0.3) is 0 Å². The molecule has 7 heteroatoms. The predicted molar refractivity (Wildman–Crippen MR) is 112 cm³/mol. The van der Waals surface area contributed by atoms with Crippen molar-refractivity contribution in [3.05, 3.63) is 18.2 Å². The van der Waals surface area contributed by atoms with Crippen molar-refractivity contribution in [2.45, 2.75) is 26.8 Å². The normalized spacial score (nSPS) is 17.4. The molecule has 2 rings (SSSR count). The molecule has 0 aliphatic carbocycles. The van der Waals surface area contributed by atoms with E-state index in [1.54, 1.807) is 14.2 Å². The highest BCUT2D eigenvalue weighted by molar-refractivity contribution is 5.93. The van der Waals surface area contributed by atoms with Gasteiger partial charge in [-0.05, 0) is 32.5 Å². The largest absolute Gasteiger partial charge is 0.493 e. The Morgan fingerprint density at radius 3 is 2.41 bits per heavy atom. The van der Waals surface area contributed by atoms with E-state index in [0.29, 0.717) is 17.5 Å². The number of nitrogens with one attached hydrogen (secondary N) is 2. The zero-order chi connectivity index (χ0) is 19.6. The second-order valence-corrected chi connectivity index (χ2v) is 6.73. The van der Waals surface area contributed by atoms with Gasteiger partial charge >= 0.3 is 0 Å². The van der Waals surface area contributed by atoms with Crippen LogP contribution in [0, 0.1) is 0 Å². The minimum absolute atomic E-state index is 0.421. The Labute approximate surface area is 163 Å². The van der Waals surface area contributed by atoms with Gasteiger partial charge in [-0.15, -0.1) is 0 Å². The topological polar surface area (TPSA) is 61.4 Å². The Morgan fingerprint density at radius 1 is 1.11 bits per heavy atom. The SMILES string of the molecule is CCNC(=NCC(C)N1CCN(CC)CC1)Nc1ccc(OC)c(OC)c1. The average Bonchev–Trinajstić information content (AvgIpc) is 2.71. The van der Waals surface area contributed by atoms with Gasteiger partial charge in [0.25, 0.3) is 0 Å². The molecule has 1 heterocycles. The fourth-order valence-corrected chi connectivity index (χ4v) is 3.22. The average molecular weight is 378 g/mol. The third kappa shape index (κ3) is 6.29. The summed E-state index contributed by atoms with van der Waals surface area (Å²) in [4.78, 5) is 9.81. The van der Waals surface area contributed by atoms with E-state index in [4.69, 9.17) is 14.5 Å². The molecule has 1 aliphatic heterocycles. The second-order valence-electron chi connectivity index (χ2n) is 6.73. The number of hydrogen-bond acceptors (Lipinski definition) is 5. The van der Waals surface area contributed by atoms with Gasteiger partial charge in [0, 0.05) is 50.5 Å². The van der Waals surface area contributed by atoms with Gasteiger partial charge in [0.1, 0.15) is 0 Å². The van der Waals surface area contributed by atoms with Crippen molar-refractivity contribution in [1.29, 1.82) is 0 Å². The molecular weight excluding hydrogens is 342 g/mol. The highest BCUT2D eigenvalue weighted by atomic mass is 16.5. The summed E-state index contributed by atoms with van der Waals surface area (Å²) >= 11 is 0. The lowest BCUT2D eigenvalue weighted by Crippen LogP contribution is -2.50. The maximum Gasteiger partial charge on any atom is 0.195 e. The smallest absolute Gasteiger partial charge is 0.195 e. The molecule has 1 aromatic rings. The first kappa shape index (κ1) is 21.3. The van der Waals surface area contributed by atoms with Crippen molar-refractivity contribution in [3.8, 4) is 11.5 Å². The van der Waals surface area contributed by atoms with Crippen LogP contribution in [-0.4, -0.2) is 81.8 Å². The molecule has 27 heavy (non-hydrogen) atoms. The number of aliphatic imine (C=N–C) groups is 1. The maximum absolute atomic E-state index is 5.38. The van der Waals surface area contributed by atoms with Crippen LogP contribution >= 0.6 is 0 Å². The van der Waals surface area contributed by atoms with E-state index in [9.17, 15) is 0 Å². The summed E-state index contributed by atoms with van der Waals surface area (Å²) in [5, 5.41) is 6.67. The molecule has 0 spiro atoms. The molecule has 152 valence electrons. The molecule has 1 aliphatic rings. The summed E-state index contributed by atoms with van der Waals surface area (Å²) in [6.45, 7) is 13.8. The lowest BCUT2D eigenvalue weighted by atomic mass is 10.2. The standard InChI is InChI=1S/C20H35N5O2/c1-6-21-20(23-17-8-9-18(26-4)19(14-17)27-5)22-15-16(3)25-12-10-24(7-2)11-13-25/h8-9,14,16H,6-7,10-13,15H2,1-5H3,(H2,21,22,23). The van der Waals surface area contributed by atoms with Crippen LogP contribution in [0.15, 0.2) is 23.2 Å². The highest BCUT2D eigenvalue weighted by Crippen LogP contribution is 2.29. The van der Waals surface area contributed by atoms with E-state index < -0.39 is 0 Å². The van der Waals surface area contributed by atoms with E-state index in [1.807, 2.05) is 18.2 Å². The number of anilines is 1. The number of rotatable bonds is 8. The van der Waals surface area contributed by atoms with Gasteiger partial charge in [0.2, 0.25) is 0 Å². The van der Waals surface area contributed by atoms with Gasteiger partial charge in [-0.3, -0.25) is 9.89 Å². The van der Waals surface area contributed by atoms with Crippen LogP contribution < -0.4 is 20.1 Å². The van der Waals surface area contributed by atoms with Gasteiger partial charge in [0.15, 0.2) is 17.5 Å². The van der Waals surface area contributed by atoms with Crippen molar-refractivity contribution < 1.29 is 9.47 Å². The molecule has 1 unspecified atom stereocenters. The third-order valence-corrected chi connectivity index (χ3v) is 4.98. The van der Waals surface area contributed by atoms with Gasteiger partial charge in [-0.2, -0.15) is 0 Å². The van der Waals surface area contributed by atoms with Crippen LogP contribution in [0.4, 0.5) is 5.69 Å². The van der Waals surface area contributed by atoms with Gasteiger partial charge in [-0.1, -0.05) is 6.92 Å². The number of guanidine groups is 1. The number of benzene rings is 1. The predicted octanol–water partition coefficient (Wildman–Crippen LogP) is 2.11. The summed E-state index contributed by atoms with van der Waals surface area (Å²) in [5.41, 5.74) is 0.913. The Morgan fingerprint density at radius 2 is 1.81 bits per heavy atom. The van der Waals surface area contributed by atoms with Crippen molar-refractivity contribution >= 4 is 11.6 Å². The van der Waals surface area contributed by atoms with Crippen LogP contribution in [0.5, 0.6) is 11.5 Å². The van der Waals surface area contributed by atoms with Crippen molar-refractivity contribution in [2.24, 2.45) is 4.99 Å². The first-order valence-electron chi connectivity index (χ1n) is 9.85. The molecule has 1 aromatic carbocycles. The van der Waals surface area contributed by atoms with E-state index in [-0.39, 0.29) is 0 Å². The highest BCUT2D eigenvalue weighted by Gasteiger charge is 2.20. The summed E-state index contributed by atoms with van der Waals surface area (Å²) in [7, 11) is 3.28. The summed E-state index contributed by atoms with van der Waals surface area (Å²) in [6.07, 6.45) is 0.